The summed E-state index contributed by atoms with van der Waals surface area (Å²) in [5.74, 6) is 0.378. The third-order valence-electron chi connectivity index (χ3n) is 4.69. The Hall–Kier alpha value is -2.40. The Bertz CT molecular complexity index is 778. The Kier molecular flexibility index (Phi) is 5.04. The fraction of sp³-hybridized carbons (Fsp3) is 0.350. The molecule has 132 valence electrons. The van der Waals surface area contributed by atoms with Gasteiger partial charge in [-0.3, -0.25) is 9.69 Å². The number of amides is 1. The molecule has 0 saturated carbocycles. The van der Waals surface area contributed by atoms with Crippen LogP contribution in [0.25, 0.3) is 0 Å². The van der Waals surface area contributed by atoms with Crippen LogP contribution in [0.3, 0.4) is 0 Å². The largest absolute Gasteiger partial charge is 0.497 e. The van der Waals surface area contributed by atoms with Crippen LogP contribution >= 0.6 is 0 Å². The normalized spacial score (nSPS) is 18.5. The predicted molar refractivity (Wildman–Crippen MR) is 96.4 cm³/mol. The van der Waals surface area contributed by atoms with Gasteiger partial charge in [0.15, 0.2) is 0 Å². The van der Waals surface area contributed by atoms with Gasteiger partial charge in [0.1, 0.15) is 11.6 Å². The van der Waals surface area contributed by atoms with Crippen LogP contribution in [-0.4, -0.2) is 37.0 Å². The van der Waals surface area contributed by atoms with Crippen LogP contribution in [0.5, 0.6) is 5.75 Å². The van der Waals surface area contributed by atoms with E-state index in [1.807, 2.05) is 38.1 Å². The third-order valence-corrected chi connectivity index (χ3v) is 4.69. The molecular weight excluding hydrogens is 319 g/mol. The molecule has 0 radical (unpaired) electrons. The molecule has 25 heavy (non-hydrogen) atoms. The molecule has 4 nitrogen and oxygen atoms in total. The highest BCUT2D eigenvalue weighted by atomic mass is 19.1. The van der Waals surface area contributed by atoms with E-state index in [9.17, 15) is 9.18 Å². The molecule has 1 atom stereocenters. The van der Waals surface area contributed by atoms with E-state index in [2.05, 4.69) is 4.90 Å². The quantitative estimate of drug-likeness (QED) is 0.854. The van der Waals surface area contributed by atoms with E-state index in [1.165, 1.54) is 6.07 Å². The van der Waals surface area contributed by atoms with Crippen LogP contribution in [0.1, 0.15) is 18.1 Å². The number of rotatable bonds is 4. The van der Waals surface area contributed by atoms with Crippen LogP contribution in [0.4, 0.5) is 10.1 Å². The fourth-order valence-corrected chi connectivity index (χ4v) is 3.20. The number of methoxy groups -OCH3 is 1. The molecule has 1 heterocycles. The van der Waals surface area contributed by atoms with Crippen molar-refractivity contribution in [2.24, 2.45) is 0 Å². The Labute approximate surface area is 147 Å². The van der Waals surface area contributed by atoms with E-state index in [-0.39, 0.29) is 17.8 Å². The molecule has 1 aliphatic heterocycles. The highest BCUT2D eigenvalue weighted by Crippen LogP contribution is 2.26. The van der Waals surface area contributed by atoms with Gasteiger partial charge in [-0.25, -0.2) is 4.39 Å². The first-order chi connectivity index (χ1) is 12.0. The molecule has 0 spiro atoms. The molecule has 1 aliphatic rings. The molecule has 1 fully saturated rings. The molecule has 0 N–H and O–H groups in total. The summed E-state index contributed by atoms with van der Waals surface area (Å²) in [6.07, 6.45) is 0. The van der Waals surface area contributed by atoms with E-state index in [0.717, 1.165) is 16.9 Å². The van der Waals surface area contributed by atoms with Crippen molar-refractivity contribution in [3.63, 3.8) is 0 Å². The molecule has 3 rings (SSSR count). The van der Waals surface area contributed by atoms with Crippen LogP contribution in [-0.2, 0) is 11.3 Å². The van der Waals surface area contributed by atoms with Crippen molar-refractivity contribution >= 4 is 11.6 Å². The highest BCUT2D eigenvalue weighted by Gasteiger charge is 2.33. The number of hydrogen-bond donors (Lipinski definition) is 0. The number of anilines is 1. The molecule has 1 unspecified atom stereocenters. The maximum atomic E-state index is 14.2. The number of nitrogens with zero attached hydrogens (tertiary/aromatic N) is 2. The molecule has 2 aromatic rings. The number of carbonyl (C=O) groups is 1. The Balaban J connectivity index is 1.76. The van der Waals surface area contributed by atoms with Crippen LogP contribution in [0.2, 0.25) is 0 Å². The van der Waals surface area contributed by atoms with Gasteiger partial charge in [-0.1, -0.05) is 18.2 Å². The number of carbonyl (C=O) groups excluding carboxylic acids is 1. The first kappa shape index (κ1) is 17.4. The van der Waals surface area contributed by atoms with Crippen LogP contribution in [0, 0.1) is 12.7 Å². The Morgan fingerprint density at radius 3 is 2.76 bits per heavy atom. The van der Waals surface area contributed by atoms with Gasteiger partial charge in [0, 0.05) is 19.6 Å². The van der Waals surface area contributed by atoms with Gasteiger partial charge in [0.2, 0.25) is 5.91 Å². The van der Waals surface area contributed by atoms with E-state index >= 15 is 0 Å². The van der Waals surface area contributed by atoms with Crippen LogP contribution < -0.4 is 9.64 Å². The van der Waals surface area contributed by atoms with Gasteiger partial charge in [-0.05, 0) is 49.2 Å². The summed E-state index contributed by atoms with van der Waals surface area (Å²) in [4.78, 5) is 16.5. The van der Waals surface area contributed by atoms with Crippen molar-refractivity contribution in [3.05, 3.63) is 59.4 Å². The van der Waals surface area contributed by atoms with Gasteiger partial charge in [-0.2, -0.15) is 0 Å². The van der Waals surface area contributed by atoms with Crippen molar-refractivity contribution < 1.29 is 13.9 Å². The minimum absolute atomic E-state index is 0.0707. The number of halogens is 1. The van der Waals surface area contributed by atoms with Gasteiger partial charge >= 0.3 is 0 Å². The summed E-state index contributed by atoms with van der Waals surface area (Å²) in [6, 6.07) is 12.4. The van der Waals surface area contributed by atoms with Gasteiger partial charge < -0.3 is 9.64 Å². The second-order valence-electron chi connectivity index (χ2n) is 6.44. The maximum absolute atomic E-state index is 14.2. The molecule has 0 bridgehead atoms. The summed E-state index contributed by atoms with van der Waals surface area (Å²) in [6.45, 7) is 5.61. The summed E-state index contributed by atoms with van der Waals surface area (Å²) >= 11 is 0. The average Bonchev–Trinajstić information content (AvgIpc) is 2.62. The Morgan fingerprint density at radius 2 is 2.00 bits per heavy atom. The van der Waals surface area contributed by atoms with Gasteiger partial charge in [0.05, 0.1) is 18.8 Å². The standard InChI is InChI=1S/C20H23FN2O2/c1-14-7-8-18(21)19(11-14)23-10-9-22(15(2)20(23)24)13-16-5-4-6-17(12-16)25-3/h4-8,11-12,15H,9-10,13H2,1-3H3. The van der Waals surface area contributed by atoms with Gasteiger partial charge in [0.25, 0.3) is 0 Å². The fourth-order valence-electron chi connectivity index (χ4n) is 3.20. The predicted octanol–water partition coefficient (Wildman–Crippen LogP) is 3.38. The topological polar surface area (TPSA) is 32.8 Å². The number of benzene rings is 2. The minimum atomic E-state index is -0.354. The van der Waals surface area contributed by atoms with Crippen molar-refractivity contribution in [1.29, 1.82) is 0 Å². The van der Waals surface area contributed by atoms with Crippen molar-refractivity contribution in [2.75, 3.05) is 25.1 Å². The molecule has 1 amide bonds. The van der Waals surface area contributed by atoms with Crippen LogP contribution in [0.15, 0.2) is 42.5 Å². The number of piperazine rings is 1. The molecule has 5 heteroatoms. The summed E-state index contributed by atoms with van der Waals surface area (Å²) < 4.78 is 19.4. The Morgan fingerprint density at radius 1 is 1.20 bits per heavy atom. The lowest BCUT2D eigenvalue weighted by atomic mass is 10.1. The van der Waals surface area contributed by atoms with E-state index < -0.39 is 0 Å². The zero-order valence-electron chi connectivity index (χ0n) is 14.8. The van der Waals surface area contributed by atoms with Gasteiger partial charge in [-0.15, -0.1) is 0 Å². The molecule has 0 aliphatic carbocycles. The van der Waals surface area contributed by atoms with E-state index in [1.54, 1.807) is 24.1 Å². The zero-order valence-corrected chi connectivity index (χ0v) is 14.8. The number of aryl methyl sites for hydroxylation is 1. The lowest BCUT2D eigenvalue weighted by Crippen LogP contribution is -2.55. The SMILES string of the molecule is COc1cccc(CN2CCN(c3cc(C)ccc3F)C(=O)C2C)c1. The zero-order chi connectivity index (χ0) is 18.0. The summed E-state index contributed by atoms with van der Waals surface area (Å²) in [5, 5.41) is 0. The lowest BCUT2D eigenvalue weighted by molar-refractivity contribution is -0.125. The average molecular weight is 342 g/mol. The second kappa shape index (κ2) is 7.23. The maximum Gasteiger partial charge on any atom is 0.244 e. The summed E-state index contributed by atoms with van der Waals surface area (Å²) in [7, 11) is 1.64. The number of ether oxygens (including phenoxy) is 1. The minimum Gasteiger partial charge on any atom is -0.497 e. The third kappa shape index (κ3) is 3.66. The molecule has 0 aromatic heterocycles. The van der Waals surface area contributed by atoms with Crippen molar-refractivity contribution in [1.82, 2.24) is 4.90 Å². The first-order valence-corrected chi connectivity index (χ1v) is 8.44. The highest BCUT2D eigenvalue weighted by molar-refractivity contribution is 5.97. The van der Waals surface area contributed by atoms with Crippen molar-refractivity contribution in [3.8, 4) is 5.75 Å². The molecular formula is C20H23FN2O2. The first-order valence-electron chi connectivity index (χ1n) is 8.44. The monoisotopic (exact) mass is 342 g/mol. The smallest absolute Gasteiger partial charge is 0.244 e. The number of hydrogen-bond acceptors (Lipinski definition) is 3. The van der Waals surface area contributed by atoms with E-state index in [0.29, 0.717) is 25.3 Å². The molecule has 1 saturated heterocycles. The van der Waals surface area contributed by atoms with E-state index in [4.69, 9.17) is 4.74 Å². The summed E-state index contributed by atoms with van der Waals surface area (Å²) in [5.41, 5.74) is 2.41. The second-order valence-corrected chi connectivity index (χ2v) is 6.44. The molecule has 2 aromatic carbocycles. The lowest BCUT2D eigenvalue weighted by Gasteiger charge is -2.39. The van der Waals surface area contributed by atoms with Crippen molar-refractivity contribution in [2.45, 2.75) is 26.4 Å².